The number of ether oxygens (including phenoxy) is 5. The van der Waals surface area contributed by atoms with Gasteiger partial charge >= 0.3 is 18.1 Å². The van der Waals surface area contributed by atoms with Crippen molar-refractivity contribution in [3.05, 3.63) is 35.1 Å². The zero-order chi connectivity index (χ0) is 32.2. The Labute approximate surface area is 255 Å². The average molecular weight is 617 g/mol. The normalized spacial score (nSPS) is 27.9. The van der Waals surface area contributed by atoms with Crippen LogP contribution in [-0.2, 0) is 45.2 Å². The van der Waals surface area contributed by atoms with E-state index in [2.05, 4.69) is 10.2 Å². The van der Waals surface area contributed by atoms with Gasteiger partial charge in [0.1, 0.15) is 11.4 Å². The Morgan fingerprint density at radius 3 is 2.59 bits per heavy atom. The van der Waals surface area contributed by atoms with Crippen molar-refractivity contribution in [2.45, 2.75) is 101 Å². The van der Waals surface area contributed by atoms with Crippen LogP contribution in [0.3, 0.4) is 0 Å². The van der Waals surface area contributed by atoms with Gasteiger partial charge in [0, 0.05) is 24.6 Å². The van der Waals surface area contributed by atoms with Crippen LogP contribution in [0.4, 0.5) is 4.79 Å². The second-order valence-electron chi connectivity index (χ2n) is 12.9. The predicted octanol–water partition coefficient (Wildman–Crippen LogP) is 1.99. The molecule has 13 nitrogen and oxygen atoms in total. The molecule has 5 rings (SSSR count). The number of piperidine rings is 1. The summed E-state index contributed by atoms with van der Waals surface area (Å²) in [4.78, 5) is 51.6. The third kappa shape index (κ3) is 5.36. The summed E-state index contributed by atoms with van der Waals surface area (Å²) in [6.45, 7) is 8.28. The number of likely N-dealkylation sites (N-methyl/N-ethyl adjacent to an activating group) is 1. The zero-order valence-corrected chi connectivity index (χ0v) is 25.8. The number of amides is 1. The predicted molar refractivity (Wildman–Crippen MR) is 153 cm³/mol. The van der Waals surface area contributed by atoms with Crippen molar-refractivity contribution in [3.8, 4) is 11.5 Å². The largest absolute Gasteiger partial charge is 0.509 e. The maximum absolute atomic E-state index is 13.1. The first-order valence-corrected chi connectivity index (χ1v) is 14.8. The number of rotatable bonds is 8. The number of phenols is 1. The fourth-order valence-corrected chi connectivity index (χ4v) is 6.84. The van der Waals surface area contributed by atoms with Crippen molar-refractivity contribution < 1.29 is 53.1 Å². The second kappa shape index (κ2) is 11.3. The van der Waals surface area contributed by atoms with Gasteiger partial charge in [-0.1, -0.05) is 6.07 Å². The van der Waals surface area contributed by atoms with Crippen molar-refractivity contribution in [1.29, 1.82) is 0 Å². The molecule has 44 heavy (non-hydrogen) atoms. The fraction of sp³-hybridized carbons (Fsp3) is 0.613. The summed E-state index contributed by atoms with van der Waals surface area (Å²) in [6, 6.07) is 3.25. The van der Waals surface area contributed by atoms with E-state index in [4.69, 9.17) is 23.7 Å². The second-order valence-corrected chi connectivity index (χ2v) is 12.9. The van der Waals surface area contributed by atoms with Crippen LogP contribution in [0.25, 0.3) is 0 Å². The quantitative estimate of drug-likeness (QED) is 0.287. The van der Waals surface area contributed by atoms with Crippen molar-refractivity contribution in [2.24, 2.45) is 0 Å². The monoisotopic (exact) mass is 616 g/mol. The van der Waals surface area contributed by atoms with Crippen LogP contribution in [0.15, 0.2) is 24.0 Å². The summed E-state index contributed by atoms with van der Waals surface area (Å²) >= 11 is 0. The molecule has 0 aromatic heterocycles. The maximum Gasteiger partial charge on any atom is 0.509 e. The highest BCUT2D eigenvalue weighted by Crippen LogP contribution is 2.65. The van der Waals surface area contributed by atoms with Crippen LogP contribution in [0, 0.1) is 0 Å². The highest BCUT2D eigenvalue weighted by Gasteiger charge is 2.72. The topological polar surface area (TPSA) is 170 Å². The fourth-order valence-electron chi connectivity index (χ4n) is 6.84. The summed E-state index contributed by atoms with van der Waals surface area (Å²) in [5, 5.41) is 25.3. The minimum Gasteiger partial charge on any atom is -0.504 e. The Kier molecular flexibility index (Phi) is 8.08. The lowest BCUT2D eigenvalue weighted by atomic mass is 9.50. The van der Waals surface area contributed by atoms with E-state index < -0.39 is 58.9 Å². The Morgan fingerprint density at radius 1 is 1.16 bits per heavy atom. The number of carbonyl (C=O) groups is 4. The van der Waals surface area contributed by atoms with E-state index in [1.807, 2.05) is 13.1 Å². The van der Waals surface area contributed by atoms with Gasteiger partial charge in [0.25, 0.3) is 5.91 Å². The molecule has 1 saturated heterocycles. The smallest absolute Gasteiger partial charge is 0.504 e. The summed E-state index contributed by atoms with van der Waals surface area (Å²) in [6.07, 6.45) is -1.55. The number of carbonyl (C=O) groups excluding carboxylic acids is 4. The highest BCUT2D eigenvalue weighted by molar-refractivity contribution is 5.83. The molecule has 2 bridgehead atoms. The standard InChI is InChI=1S/C31H40N2O11/c1-16(41-28(38)44-29(3,4)5)26(36)32-13-10-22(35)40-17(2)27(37)42-20-9-11-31(39)21-15-18-7-8-19(34)24-23(18)30(31,25(20)43-24)12-14-33(21)6/h7-9,16-17,21,25,34,39H,10-15H2,1-6H3,(H,32,36)/t16-,17-,21+,25-,30-,31+/m0/s1. The molecule has 0 radical (unpaired) electrons. The number of aliphatic hydroxyl groups is 1. The van der Waals surface area contributed by atoms with Gasteiger partial charge in [-0.2, -0.15) is 0 Å². The molecule has 4 aliphatic rings. The molecule has 240 valence electrons. The molecule has 2 heterocycles. The molecule has 1 fully saturated rings. The Morgan fingerprint density at radius 2 is 1.89 bits per heavy atom. The van der Waals surface area contributed by atoms with Gasteiger partial charge in [-0.15, -0.1) is 0 Å². The van der Waals surface area contributed by atoms with E-state index >= 15 is 0 Å². The van der Waals surface area contributed by atoms with Crippen LogP contribution in [0.5, 0.6) is 11.5 Å². The van der Waals surface area contributed by atoms with Crippen LogP contribution in [0.1, 0.15) is 65.0 Å². The lowest BCUT2D eigenvalue weighted by Gasteiger charge is -2.61. The van der Waals surface area contributed by atoms with Crippen molar-refractivity contribution in [2.75, 3.05) is 20.1 Å². The molecule has 1 aromatic carbocycles. The Bertz CT molecular complexity index is 1400. The molecule has 0 saturated carbocycles. The lowest BCUT2D eigenvalue weighted by molar-refractivity contribution is -0.175. The van der Waals surface area contributed by atoms with Crippen LogP contribution < -0.4 is 10.1 Å². The van der Waals surface area contributed by atoms with Gasteiger partial charge in [-0.25, -0.2) is 9.59 Å². The first-order valence-electron chi connectivity index (χ1n) is 14.8. The van der Waals surface area contributed by atoms with Gasteiger partial charge in [0.2, 0.25) is 0 Å². The molecule has 2 aliphatic heterocycles. The minimum absolute atomic E-state index is 0.0434. The third-order valence-electron chi connectivity index (χ3n) is 8.87. The number of benzene rings is 1. The molecule has 1 amide bonds. The number of phenolic OH excluding ortho intramolecular Hbond substituents is 1. The van der Waals surface area contributed by atoms with Crippen LogP contribution in [-0.4, -0.2) is 94.8 Å². The molecule has 6 atom stereocenters. The highest BCUT2D eigenvalue weighted by atomic mass is 16.7. The zero-order valence-electron chi connectivity index (χ0n) is 25.8. The lowest BCUT2D eigenvalue weighted by Crippen LogP contribution is -2.74. The maximum atomic E-state index is 13.1. The van der Waals surface area contributed by atoms with E-state index in [1.165, 1.54) is 13.8 Å². The van der Waals surface area contributed by atoms with E-state index in [9.17, 15) is 29.4 Å². The molecule has 2 aliphatic carbocycles. The third-order valence-corrected chi connectivity index (χ3v) is 8.87. The number of aromatic hydroxyl groups is 1. The molecular formula is C31H40N2O11. The van der Waals surface area contributed by atoms with E-state index in [-0.39, 0.29) is 36.9 Å². The molecule has 13 heteroatoms. The number of hydrogen-bond acceptors (Lipinski definition) is 12. The van der Waals surface area contributed by atoms with Gasteiger partial charge in [0.05, 0.1) is 17.4 Å². The van der Waals surface area contributed by atoms with E-state index in [1.54, 1.807) is 32.9 Å². The summed E-state index contributed by atoms with van der Waals surface area (Å²) in [7, 11) is 1.98. The Balaban J connectivity index is 1.18. The molecule has 1 aromatic rings. The van der Waals surface area contributed by atoms with Gasteiger partial charge in [-0.3, -0.25) is 9.59 Å². The van der Waals surface area contributed by atoms with Gasteiger partial charge in [0.15, 0.2) is 29.8 Å². The number of likely N-dealkylation sites (tertiary alicyclic amines) is 1. The van der Waals surface area contributed by atoms with Crippen molar-refractivity contribution in [1.82, 2.24) is 10.2 Å². The number of nitrogens with zero attached hydrogens (tertiary/aromatic N) is 1. The summed E-state index contributed by atoms with van der Waals surface area (Å²) in [5.74, 6) is -1.78. The first-order chi connectivity index (χ1) is 20.6. The van der Waals surface area contributed by atoms with Crippen molar-refractivity contribution >= 4 is 24.0 Å². The van der Waals surface area contributed by atoms with Gasteiger partial charge < -0.3 is 44.1 Å². The molecule has 1 spiro atoms. The van der Waals surface area contributed by atoms with E-state index in [0.29, 0.717) is 25.1 Å². The molecular weight excluding hydrogens is 576 g/mol. The van der Waals surface area contributed by atoms with E-state index in [0.717, 1.165) is 11.1 Å². The molecule has 3 N–H and O–H groups in total. The van der Waals surface area contributed by atoms with Gasteiger partial charge in [-0.05, 0) is 78.8 Å². The summed E-state index contributed by atoms with van der Waals surface area (Å²) in [5.41, 5.74) is -1.15. The molecule has 0 unspecified atom stereocenters. The van der Waals surface area contributed by atoms with Crippen molar-refractivity contribution in [3.63, 3.8) is 0 Å². The average Bonchev–Trinajstić information content (AvgIpc) is 3.28. The van der Waals surface area contributed by atoms with Crippen LogP contribution >= 0.6 is 0 Å². The Hall–Kier alpha value is -3.84. The minimum atomic E-state index is -1.28. The summed E-state index contributed by atoms with van der Waals surface area (Å²) < 4.78 is 27.2. The number of hydrogen-bond donors (Lipinski definition) is 3. The van der Waals surface area contributed by atoms with Crippen LogP contribution in [0.2, 0.25) is 0 Å². The number of esters is 2. The first kappa shape index (κ1) is 31.6. The number of nitrogens with one attached hydrogen (secondary N) is 1. The SMILES string of the molecule is C[C@H](OC(=O)OC(C)(C)C)C(=O)NCCC(=O)O[C@@H](C)C(=O)OC1=CC[C@@]2(O)[C@H]3Cc4ccc(O)c5c4[C@@]2(CCN3C)[C@H]1O5.